The molecule has 3 rings (SSSR count). The number of hydrazone groups is 1. The van der Waals surface area contributed by atoms with Gasteiger partial charge in [-0.2, -0.15) is 5.01 Å². The summed E-state index contributed by atoms with van der Waals surface area (Å²) < 4.78 is 6.26. The summed E-state index contributed by atoms with van der Waals surface area (Å²) in [7, 11) is 0. The first-order valence-electron chi connectivity index (χ1n) is 6.51. The van der Waals surface area contributed by atoms with E-state index in [-0.39, 0.29) is 12.5 Å². The molecule has 5 heteroatoms. The molecule has 1 aliphatic rings. The Morgan fingerprint density at radius 2 is 1.86 bits per heavy atom. The number of rotatable bonds is 2. The van der Waals surface area contributed by atoms with Crippen molar-refractivity contribution in [2.24, 2.45) is 5.10 Å². The van der Waals surface area contributed by atoms with E-state index in [0.717, 1.165) is 15.6 Å². The van der Waals surface area contributed by atoms with Crippen LogP contribution in [0.3, 0.4) is 0 Å². The quantitative estimate of drug-likeness (QED) is 0.836. The molecular formula is C16H13BrN2O2. The van der Waals surface area contributed by atoms with Crippen molar-refractivity contribution in [2.45, 2.75) is 6.92 Å². The molecule has 0 aromatic heterocycles. The highest BCUT2D eigenvalue weighted by Crippen LogP contribution is 2.27. The zero-order valence-electron chi connectivity index (χ0n) is 11.4. The first-order valence-corrected chi connectivity index (χ1v) is 7.30. The second kappa shape index (κ2) is 5.69. The summed E-state index contributed by atoms with van der Waals surface area (Å²) in [5.41, 5.74) is 2.72. The monoisotopic (exact) mass is 344 g/mol. The fourth-order valence-corrected chi connectivity index (χ4v) is 2.47. The van der Waals surface area contributed by atoms with Crippen molar-refractivity contribution in [1.29, 1.82) is 0 Å². The minimum Gasteiger partial charge on any atom is -0.466 e. The van der Waals surface area contributed by atoms with Crippen molar-refractivity contribution < 1.29 is 9.53 Å². The lowest BCUT2D eigenvalue weighted by Gasteiger charge is -2.24. The van der Waals surface area contributed by atoms with E-state index in [1.54, 1.807) is 0 Å². The van der Waals surface area contributed by atoms with Gasteiger partial charge in [-0.05, 0) is 47.1 Å². The average molecular weight is 345 g/mol. The van der Waals surface area contributed by atoms with Crippen molar-refractivity contribution in [1.82, 2.24) is 0 Å². The third-order valence-corrected chi connectivity index (χ3v) is 3.81. The molecule has 1 amide bonds. The van der Waals surface area contributed by atoms with Crippen LogP contribution in [0, 0.1) is 6.92 Å². The molecule has 1 aliphatic heterocycles. The van der Waals surface area contributed by atoms with Crippen LogP contribution in [0.2, 0.25) is 0 Å². The number of anilines is 1. The van der Waals surface area contributed by atoms with Crippen LogP contribution in [0.5, 0.6) is 0 Å². The number of hydrogen-bond acceptors (Lipinski definition) is 3. The maximum Gasteiger partial charge on any atom is 0.285 e. The van der Waals surface area contributed by atoms with E-state index >= 15 is 0 Å². The van der Waals surface area contributed by atoms with E-state index in [2.05, 4.69) is 21.0 Å². The van der Waals surface area contributed by atoms with Gasteiger partial charge in [0, 0.05) is 10.0 Å². The summed E-state index contributed by atoms with van der Waals surface area (Å²) in [5.74, 6) is 0.253. The highest BCUT2D eigenvalue weighted by atomic mass is 79.9. The molecule has 2 aromatic rings. The number of hydrogen-bond donors (Lipinski definition) is 0. The van der Waals surface area contributed by atoms with Gasteiger partial charge < -0.3 is 4.74 Å². The molecule has 4 nitrogen and oxygen atoms in total. The second-order valence-electron chi connectivity index (χ2n) is 4.72. The molecule has 0 aliphatic carbocycles. The molecule has 0 spiro atoms. The molecule has 21 heavy (non-hydrogen) atoms. The fourth-order valence-electron chi connectivity index (χ4n) is 2.02. The summed E-state index contributed by atoms with van der Waals surface area (Å²) in [6.45, 7) is 2.00. The number of amides is 1. The van der Waals surface area contributed by atoms with Crippen LogP contribution in [-0.4, -0.2) is 18.4 Å². The van der Waals surface area contributed by atoms with Gasteiger partial charge in [-0.1, -0.05) is 29.8 Å². The van der Waals surface area contributed by atoms with Gasteiger partial charge in [0.1, 0.15) is 0 Å². The summed E-state index contributed by atoms with van der Waals surface area (Å²) in [6, 6.07) is 15.3. The number of nitrogens with zero attached hydrogens (tertiary/aromatic N) is 2. The Labute approximate surface area is 131 Å². The molecule has 0 radical (unpaired) electrons. The normalized spacial score (nSPS) is 14.7. The Bertz CT molecular complexity index is 710. The van der Waals surface area contributed by atoms with Gasteiger partial charge in [-0.25, -0.2) is 0 Å². The van der Waals surface area contributed by atoms with E-state index in [9.17, 15) is 4.79 Å². The number of halogens is 1. The Morgan fingerprint density at radius 1 is 1.14 bits per heavy atom. The molecule has 0 fully saturated rings. The van der Waals surface area contributed by atoms with Gasteiger partial charge in [0.25, 0.3) is 5.91 Å². The molecule has 0 N–H and O–H groups in total. The summed E-state index contributed by atoms with van der Waals surface area (Å²) in [4.78, 5) is 12.1. The van der Waals surface area contributed by atoms with E-state index in [1.165, 1.54) is 5.01 Å². The molecule has 0 unspecified atom stereocenters. The minimum absolute atomic E-state index is 0.0198. The van der Waals surface area contributed by atoms with Gasteiger partial charge in [-0.3, -0.25) is 4.79 Å². The van der Waals surface area contributed by atoms with Crippen molar-refractivity contribution >= 4 is 33.4 Å². The van der Waals surface area contributed by atoms with E-state index in [0.29, 0.717) is 11.6 Å². The lowest BCUT2D eigenvalue weighted by atomic mass is 10.1. The van der Waals surface area contributed by atoms with E-state index in [4.69, 9.17) is 4.74 Å². The molecular weight excluding hydrogens is 332 g/mol. The zero-order valence-corrected chi connectivity index (χ0v) is 13.0. The standard InChI is InChI=1S/C16H13BrN2O2/c1-11-6-8-12(9-7-11)16-18-19(15(20)10-21-16)14-5-3-2-4-13(14)17/h2-9H,10H2,1H3. The number of benzene rings is 2. The lowest BCUT2D eigenvalue weighted by Crippen LogP contribution is -2.37. The number of carbonyl (C=O) groups is 1. The van der Waals surface area contributed by atoms with Crippen molar-refractivity contribution in [3.63, 3.8) is 0 Å². The zero-order chi connectivity index (χ0) is 14.8. The van der Waals surface area contributed by atoms with Gasteiger partial charge >= 0.3 is 0 Å². The van der Waals surface area contributed by atoms with Crippen LogP contribution in [0.4, 0.5) is 5.69 Å². The molecule has 0 atom stereocenters. The molecule has 2 aromatic carbocycles. The average Bonchev–Trinajstić information content (AvgIpc) is 2.50. The third-order valence-electron chi connectivity index (χ3n) is 3.14. The molecule has 0 saturated heterocycles. The highest BCUT2D eigenvalue weighted by Gasteiger charge is 2.25. The molecule has 106 valence electrons. The number of ether oxygens (including phenoxy) is 1. The fraction of sp³-hybridized carbons (Fsp3) is 0.125. The van der Waals surface area contributed by atoms with Crippen LogP contribution in [0.1, 0.15) is 11.1 Å². The van der Waals surface area contributed by atoms with E-state index in [1.807, 2.05) is 55.5 Å². The first kappa shape index (κ1) is 13.8. The SMILES string of the molecule is Cc1ccc(C2=NN(c3ccccc3Br)C(=O)CO2)cc1. The van der Waals surface area contributed by atoms with Crippen molar-refractivity contribution in [3.8, 4) is 0 Å². The van der Waals surface area contributed by atoms with Gasteiger partial charge in [-0.15, -0.1) is 5.10 Å². The minimum atomic E-state index is -0.197. The van der Waals surface area contributed by atoms with Gasteiger partial charge in [0.05, 0.1) is 5.69 Å². The first-order chi connectivity index (χ1) is 10.1. The van der Waals surface area contributed by atoms with Gasteiger partial charge in [0.2, 0.25) is 5.90 Å². The maximum atomic E-state index is 12.1. The number of aryl methyl sites for hydroxylation is 1. The predicted molar refractivity (Wildman–Crippen MR) is 85.3 cm³/mol. The van der Waals surface area contributed by atoms with Crippen LogP contribution in [0.15, 0.2) is 58.1 Å². The van der Waals surface area contributed by atoms with Gasteiger partial charge in [0.15, 0.2) is 6.61 Å². The maximum absolute atomic E-state index is 12.1. The largest absolute Gasteiger partial charge is 0.466 e. The second-order valence-corrected chi connectivity index (χ2v) is 5.57. The highest BCUT2D eigenvalue weighted by molar-refractivity contribution is 9.10. The Kier molecular flexibility index (Phi) is 3.75. The molecule has 0 saturated carbocycles. The van der Waals surface area contributed by atoms with Crippen molar-refractivity contribution in [2.75, 3.05) is 11.6 Å². The lowest BCUT2D eigenvalue weighted by molar-refractivity contribution is -0.121. The number of carbonyl (C=O) groups excluding carboxylic acids is 1. The molecule has 1 heterocycles. The van der Waals surface area contributed by atoms with Crippen LogP contribution < -0.4 is 5.01 Å². The molecule has 0 bridgehead atoms. The summed E-state index contributed by atoms with van der Waals surface area (Å²) >= 11 is 3.44. The summed E-state index contributed by atoms with van der Waals surface area (Å²) in [6.07, 6.45) is 0. The van der Waals surface area contributed by atoms with Crippen LogP contribution in [-0.2, 0) is 9.53 Å². The Balaban J connectivity index is 2.00. The van der Waals surface area contributed by atoms with Crippen LogP contribution in [0.25, 0.3) is 0 Å². The van der Waals surface area contributed by atoms with Crippen molar-refractivity contribution in [3.05, 3.63) is 64.1 Å². The van der Waals surface area contributed by atoms with Crippen LogP contribution >= 0.6 is 15.9 Å². The van der Waals surface area contributed by atoms with E-state index < -0.39 is 0 Å². The Hall–Kier alpha value is -2.14. The smallest absolute Gasteiger partial charge is 0.285 e. The summed E-state index contributed by atoms with van der Waals surface area (Å²) in [5, 5.41) is 5.72. The number of para-hydroxylation sites is 1. The third kappa shape index (κ3) is 2.83. The Morgan fingerprint density at radius 3 is 2.57 bits per heavy atom. The topological polar surface area (TPSA) is 41.9 Å². The predicted octanol–water partition coefficient (Wildman–Crippen LogP) is 3.48.